The topological polar surface area (TPSA) is 125 Å². The van der Waals surface area contributed by atoms with Gasteiger partial charge in [0.2, 0.25) is 5.71 Å². The molecule has 1 heterocycles. The average Bonchev–Trinajstić information content (AvgIpc) is 2.94. The molecule has 0 atom stereocenters. The van der Waals surface area contributed by atoms with Crippen molar-refractivity contribution in [1.82, 2.24) is 4.98 Å². The number of carbonyl (C=O) groups is 3. The van der Waals surface area contributed by atoms with Crippen LogP contribution in [0.3, 0.4) is 0 Å². The van der Waals surface area contributed by atoms with E-state index in [0.29, 0.717) is 0 Å². The Bertz CT molecular complexity index is 679. The number of esters is 1. The summed E-state index contributed by atoms with van der Waals surface area (Å²) in [6.45, 7) is 8.51. The first-order valence-corrected chi connectivity index (χ1v) is 8.59. The lowest BCUT2D eigenvalue weighted by molar-refractivity contribution is -0.135. The van der Waals surface area contributed by atoms with Crippen molar-refractivity contribution in [3.05, 3.63) is 11.1 Å². The molecule has 1 aromatic rings. The van der Waals surface area contributed by atoms with E-state index in [1.165, 1.54) is 5.38 Å². The van der Waals surface area contributed by atoms with Crippen molar-refractivity contribution >= 4 is 40.4 Å². The van der Waals surface area contributed by atoms with Gasteiger partial charge in [0.15, 0.2) is 5.13 Å². The molecule has 0 bridgehead atoms. The third-order valence-electron chi connectivity index (χ3n) is 2.30. The van der Waals surface area contributed by atoms with E-state index >= 15 is 0 Å². The highest BCUT2D eigenvalue weighted by atomic mass is 32.1. The van der Waals surface area contributed by atoms with Crippen LogP contribution in [0.25, 0.3) is 0 Å². The Labute approximate surface area is 154 Å². The van der Waals surface area contributed by atoms with Crippen LogP contribution in [0.15, 0.2) is 10.5 Å². The summed E-state index contributed by atoms with van der Waals surface area (Å²) >= 11 is 1.03. The number of nitrogens with zero attached hydrogens (tertiary/aromatic N) is 2. The molecule has 1 aromatic heterocycles. The summed E-state index contributed by atoms with van der Waals surface area (Å²) in [4.78, 5) is 43.7. The Hall–Kier alpha value is -2.69. The molecule has 0 aliphatic heterocycles. The molecule has 0 spiro atoms. The summed E-state index contributed by atoms with van der Waals surface area (Å²) in [6, 6.07) is 0. The average molecular weight is 387 g/mol. The van der Waals surface area contributed by atoms with Crippen molar-refractivity contribution in [2.75, 3.05) is 18.5 Å². The van der Waals surface area contributed by atoms with E-state index in [9.17, 15) is 14.4 Å². The first-order valence-electron chi connectivity index (χ1n) is 7.71. The van der Waals surface area contributed by atoms with Gasteiger partial charge in [0.1, 0.15) is 11.3 Å². The van der Waals surface area contributed by atoms with Gasteiger partial charge in [-0.1, -0.05) is 5.16 Å². The largest absolute Gasteiger partial charge is 0.535 e. The zero-order valence-corrected chi connectivity index (χ0v) is 16.0. The molecule has 0 fully saturated rings. The summed E-state index contributed by atoms with van der Waals surface area (Å²) in [5.74, 6) is -0.843. The molecule has 0 aromatic carbocycles. The molecule has 11 heteroatoms. The van der Waals surface area contributed by atoms with Crippen molar-refractivity contribution in [1.29, 1.82) is 0 Å². The van der Waals surface area contributed by atoms with Crippen molar-refractivity contribution in [2.45, 2.75) is 40.2 Å². The highest BCUT2D eigenvalue weighted by molar-refractivity contribution is 7.14. The van der Waals surface area contributed by atoms with Gasteiger partial charge in [0.05, 0.1) is 13.2 Å². The Morgan fingerprint density at radius 2 is 1.85 bits per heavy atom. The molecule has 0 aliphatic rings. The minimum atomic E-state index is -1.08. The number of nitrogens with one attached hydrogen (secondary N) is 1. The molecule has 1 rings (SSSR count). The van der Waals surface area contributed by atoms with Crippen LogP contribution in [0.5, 0.6) is 0 Å². The number of hydrogen-bond donors (Lipinski definition) is 1. The van der Waals surface area contributed by atoms with Crippen LogP contribution in [0.4, 0.5) is 14.7 Å². The first kappa shape index (κ1) is 21.4. The molecule has 0 radical (unpaired) electrons. The van der Waals surface area contributed by atoms with Crippen LogP contribution in [-0.4, -0.2) is 47.7 Å². The van der Waals surface area contributed by atoms with Gasteiger partial charge in [0.25, 0.3) is 0 Å². The highest BCUT2D eigenvalue weighted by Crippen LogP contribution is 2.17. The molecule has 1 N–H and O–H groups in total. The lowest BCUT2D eigenvalue weighted by atomic mass is 10.2. The van der Waals surface area contributed by atoms with Crippen LogP contribution in [0, 0.1) is 0 Å². The molecule has 1 amide bonds. The Kier molecular flexibility index (Phi) is 7.97. The van der Waals surface area contributed by atoms with Gasteiger partial charge in [-0.15, -0.1) is 11.3 Å². The molecule has 26 heavy (non-hydrogen) atoms. The van der Waals surface area contributed by atoms with E-state index in [1.807, 2.05) is 0 Å². The number of oxime groups is 1. The number of rotatable bonds is 6. The number of thiazole rings is 1. The standard InChI is InChI=1S/C15H21N3O7S/c1-6-22-11(19)10(18-25-14(21)24-15(3,4)5)9-8-26-12(16-9)17-13(20)23-7-2/h8H,6-7H2,1-5H3,(H,16,17,20). The van der Waals surface area contributed by atoms with Gasteiger partial charge >= 0.3 is 18.2 Å². The summed E-state index contributed by atoms with van der Waals surface area (Å²) in [5, 5.41) is 7.50. The maximum absolute atomic E-state index is 12.0. The van der Waals surface area contributed by atoms with Crippen LogP contribution in [0.1, 0.15) is 40.3 Å². The molecular weight excluding hydrogens is 366 g/mol. The molecule has 144 valence electrons. The molecule has 0 aliphatic carbocycles. The van der Waals surface area contributed by atoms with Crippen molar-refractivity contribution in [2.24, 2.45) is 5.16 Å². The zero-order chi connectivity index (χ0) is 19.7. The SMILES string of the molecule is CCOC(=O)Nc1nc(C(=NOC(=O)OC(C)(C)C)C(=O)OCC)cs1. The van der Waals surface area contributed by atoms with Gasteiger partial charge in [-0.2, -0.15) is 0 Å². The van der Waals surface area contributed by atoms with Gasteiger partial charge < -0.3 is 14.2 Å². The smallest absolute Gasteiger partial charge is 0.461 e. The number of carbonyl (C=O) groups excluding carboxylic acids is 3. The number of ether oxygens (including phenoxy) is 3. The van der Waals surface area contributed by atoms with Crippen LogP contribution >= 0.6 is 11.3 Å². The van der Waals surface area contributed by atoms with Crippen LogP contribution < -0.4 is 5.32 Å². The predicted molar refractivity (Wildman–Crippen MR) is 93.2 cm³/mol. The van der Waals surface area contributed by atoms with E-state index in [-0.39, 0.29) is 29.8 Å². The van der Waals surface area contributed by atoms with Crippen LogP contribution in [0.2, 0.25) is 0 Å². The Morgan fingerprint density at radius 3 is 2.42 bits per heavy atom. The van der Waals surface area contributed by atoms with Gasteiger partial charge in [-0.05, 0) is 34.6 Å². The second kappa shape index (κ2) is 9.70. The maximum Gasteiger partial charge on any atom is 0.535 e. The van der Waals surface area contributed by atoms with Gasteiger partial charge in [-0.25, -0.2) is 19.4 Å². The second-order valence-electron chi connectivity index (χ2n) is 5.60. The Morgan fingerprint density at radius 1 is 1.19 bits per heavy atom. The van der Waals surface area contributed by atoms with Gasteiger partial charge in [0, 0.05) is 5.38 Å². The number of hydrogen-bond acceptors (Lipinski definition) is 10. The number of anilines is 1. The summed E-state index contributed by atoms with van der Waals surface area (Å²) in [7, 11) is 0. The zero-order valence-electron chi connectivity index (χ0n) is 15.2. The van der Waals surface area contributed by atoms with E-state index in [4.69, 9.17) is 14.2 Å². The summed E-state index contributed by atoms with van der Waals surface area (Å²) < 4.78 is 14.5. The van der Waals surface area contributed by atoms with Crippen LogP contribution in [-0.2, 0) is 23.8 Å². The van der Waals surface area contributed by atoms with E-state index in [1.54, 1.807) is 34.6 Å². The van der Waals surface area contributed by atoms with E-state index in [0.717, 1.165) is 11.3 Å². The molecule has 0 saturated heterocycles. The van der Waals surface area contributed by atoms with E-state index < -0.39 is 23.8 Å². The fourth-order valence-electron chi connectivity index (χ4n) is 1.43. The maximum atomic E-state index is 12.0. The third-order valence-corrected chi connectivity index (χ3v) is 3.06. The quantitative estimate of drug-likeness (QED) is 0.260. The first-order chi connectivity index (χ1) is 12.2. The minimum Gasteiger partial charge on any atom is -0.461 e. The minimum absolute atomic E-state index is 0.0591. The monoisotopic (exact) mass is 387 g/mol. The lowest BCUT2D eigenvalue weighted by Crippen LogP contribution is -2.25. The number of aromatic nitrogens is 1. The van der Waals surface area contributed by atoms with Crippen molar-refractivity contribution in [3.8, 4) is 0 Å². The Balaban J connectivity index is 2.95. The fourth-order valence-corrected chi connectivity index (χ4v) is 2.11. The van der Waals surface area contributed by atoms with E-state index in [2.05, 4.69) is 20.3 Å². The predicted octanol–water partition coefficient (Wildman–Crippen LogP) is 2.93. The van der Waals surface area contributed by atoms with Gasteiger partial charge in [-0.3, -0.25) is 10.2 Å². The second-order valence-corrected chi connectivity index (χ2v) is 6.46. The summed E-state index contributed by atoms with van der Waals surface area (Å²) in [5.41, 5.74) is -1.07. The normalized spacial score (nSPS) is 11.5. The fraction of sp³-hybridized carbons (Fsp3) is 0.533. The molecular formula is C15H21N3O7S. The lowest BCUT2D eigenvalue weighted by Gasteiger charge is -2.17. The molecule has 0 unspecified atom stereocenters. The molecule has 0 saturated carbocycles. The third kappa shape index (κ3) is 7.47. The summed E-state index contributed by atoms with van der Waals surface area (Å²) in [6.07, 6.45) is -1.77. The highest BCUT2D eigenvalue weighted by Gasteiger charge is 2.23. The van der Waals surface area contributed by atoms with Crippen molar-refractivity contribution < 1.29 is 33.4 Å². The molecule has 10 nitrogen and oxygen atoms in total. The number of amides is 1. The van der Waals surface area contributed by atoms with Crippen molar-refractivity contribution in [3.63, 3.8) is 0 Å².